The largest absolute Gasteiger partial charge is 0.393 e. The fraction of sp³-hybridized carbons (Fsp3) is 0.600. The van der Waals surface area contributed by atoms with E-state index in [4.69, 9.17) is 0 Å². The van der Waals surface area contributed by atoms with Crippen LogP contribution in [0.5, 0.6) is 0 Å². The van der Waals surface area contributed by atoms with Crippen LogP contribution in [0.1, 0.15) is 40.5 Å². The molecule has 0 aromatic heterocycles. The molecule has 19 heavy (non-hydrogen) atoms. The molecule has 1 aromatic carbocycles. The fourth-order valence-electron chi connectivity index (χ4n) is 1.98. The summed E-state index contributed by atoms with van der Waals surface area (Å²) in [5.74, 6) is 0.491. The Labute approximate surface area is 115 Å². The number of para-hydroxylation sites is 1. The average molecular weight is 263 g/mol. The fourth-order valence-corrected chi connectivity index (χ4v) is 1.98. The number of hydrogen-bond acceptors (Lipinski definition) is 3. The molecule has 1 rings (SSSR count). The highest BCUT2D eigenvalue weighted by atomic mass is 16.3. The van der Waals surface area contributed by atoms with E-state index in [-0.39, 0.29) is 11.6 Å². The van der Waals surface area contributed by atoms with Crippen molar-refractivity contribution in [2.45, 2.75) is 52.2 Å². The third-order valence-corrected chi connectivity index (χ3v) is 2.75. The highest BCUT2D eigenvalue weighted by Crippen LogP contribution is 2.21. The van der Waals surface area contributed by atoms with E-state index in [9.17, 15) is 5.11 Å². The summed E-state index contributed by atoms with van der Waals surface area (Å²) in [6, 6.07) is 9.69. The van der Waals surface area contributed by atoms with E-state index in [0.29, 0.717) is 12.3 Å². The average Bonchev–Trinajstić information content (AvgIpc) is 2.27. The quantitative estimate of drug-likeness (QED) is 0.576. The molecular formula is C15H25N3O. The van der Waals surface area contributed by atoms with Gasteiger partial charge >= 0.3 is 0 Å². The van der Waals surface area contributed by atoms with Crippen LogP contribution in [0.3, 0.4) is 0 Å². The molecule has 4 nitrogen and oxygen atoms in total. The van der Waals surface area contributed by atoms with Gasteiger partial charge in [0.1, 0.15) is 0 Å². The van der Waals surface area contributed by atoms with Crippen LogP contribution in [0, 0.1) is 5.92 Å². The van der Waals surface area contributed by atoms with Crippen molar-refractivity contribution < 1.29 is 5.11 Å². The lowest BCUT2D eigenvalue weighted by Gasteiger charge is -2.22. The van der Waals surface area contributed by atoms with Crippen LogP contribution in [-0.2, 0) is 0 Å². The molecule has 0 aliphatic carbocycles. The van der Waals surface area contributed by atoms with Crippen LogP contribution >= 0.6 is 0 Å². The summed E-state index contributed by atoms with van der Waals surface area (Å²) in [5, 5.41) is 18.2. The molecule has 0 aliphatic heterocycles. The van der Waals surface area contributed by atoms with Gasteiger partial charge in [-0.15, -0.1) is 0 Å². The first-order chi connectivity index (χ1) is 8.89. The monoisotopic (exact) mass is 263 g/mol. The second-order valence-electron chi connectivity index (χ2n) is 5.98. The Morgan fingerprint density at radius 1 is 1.21 bits per heavy atom. The summed E-state index contributed by atoms with van der Waals surface area (Å²) in [4.78, 5) is 0. The molecule has 0 saturated carbocycles. The van der Waals surface area contributed by atoms with E-state index < -0.39 is 0 Å². The molecule has 4 heteroatoms. The maximum Gasteiger partial charge on any atom is 0.0806 e. The molecule has 2 N–H and O–H groups in total. The maximum absolute atomic E-state index is 9.95. The zero-order valence-electron chi connectivity index (χ0n) is 12.3. The molecule has 0 heterocycles. The van der Waals surface area contributed by atoms with Gasteiger partial charge in [0.25, 0.3) is 0 Å². The van der Waals surface area contributed by atoms with Crippen LogP contribution in [0.2, 0.25) is 0 Å². The summed E-state index contributed by atoms with van der Waals surface area (Å²) in [6.07, 6.45) is 1.08. The number of benzene rings is 1. The summed E-state index contributed by atoms with van der Waals surface area (Å²) in [6.45, 7) is 8.17. The first-order valence-corrected chi connectivity index (χ1v) is 6.80. The predicted molar refractivity (Wildman–Crippen MR) is 79.1 cm³/mol. The van der Waals surface area contributed by atoms with Crippen LogP contribution in [-0.4, -0.2) is 16.7 Å². The number of aliphatic hydroxyl groups excluding tert-OH is 1. The van der Waals surface area contributed by atoms with Crippen molar-refractivity contribution in [2.75, 3.05) is 5.43 Å². The van der Waals surface area contributed by atoms with Crippen molar-refractivity contribution in [1.29, 1.82) is 0 Å². The van der Waals surface area contributed by atoms with E-state index in [1.165, 1.54) is 0 Å². The van der Waals surface area contributed by atoms with Crippen molar-refractivity contribution in [3.8, 4) is 0 Å². The lowest BCUT2D eigenvalue weighted by atomic mass is 9.93. The molecule has 1 aromatic rings. The van der Waals surface area contributed by atoms with E-state index in [2.05, 4.69) is 29.6 Å². The highest BCUT2D eigenvalue weighted by molar-refractivity contribution is 5.41. The number of rotatable bonds is 7. The molecule has 0 amide bonds. The maximum atomic E-state index is 9.95. The van der Waals surface area contributed by atoms with Crippen LogP contribution in [0.4, 0.5) is 5.69 Å². The summed E-state index contributed by atoms with van der Waals surface area (Å²) in [7, 11) is 0. The Hall–Kier alpha value is -1.42. The Balaban J connectivity index is 2.45. The molecule has 1 unspecified atom stereocenters. The summed E-state index contributed by atoms with van der Waals surface area (Å²) < 4.78 is 0. The van der Waals surface area contributed by atoms with Gasteiger partial charge < -0.3 is 5.11 Å². The smallest absolute Gasteiger partial charge is 0.0806 e. The van der Waals surface area contributed by atoms with Crippen LogP contribution in [0.25, 0.3) is 0 Å². The lowest BCUT2D eigenvalue weighted by molar-refractivity contribution is 0.117. The normalized spacial score (nSPS) is 14.0. The van der Waals surface area contributed by atoms with Gasteiger partial charge in [0.05, 0.1) is 17.3 Å². The van der Waals surface area contributed by atoms with Gasteiger partial charge in [-0.1, -0.05) is 37.3 Å². The van der Waals surface area contributed by atoms with Gasteiger partial charge in [-0.2, -0.15) is 5.11 Å². The first kappa shape index (κ1) is 15.6. The first-order valence-electron chi connectivity index (χ1n) is 6.80. The van der Waals surface area contributed by atoms with Crippen molar-refractivity contribution in [3.63, 3.8) is 0 Å². The van der Waals surface area contributed by atoms with Crippen molar-refractivity contribution in [3.05, 3.63) is 30.3 Å². The van der Waals surface area contributed by atoms with Gasteiger partial charge in [-0.25, -0.2) is 0 Å². The molecule has 0 radical (unpaired) electrons. The predicted octanol–water partition coefficient (Wildman–Crippen LogP) is 4.04. The van der Waals surface area contributed by atoms with Gasteiger partial charge in [0.2, 0.25) is 0 Å². The number of hydrogen-bond donors (Lipinski definition) is 2. The molecule has 0 saturated heterocycles. The molecule has 1 atom stereocenters. The third-order valence-electron chi connectivity index (χ3n) is 2.75. The Kier molecular flexibility index (Phi) is 5.96. The number of anilines is 1. The Morgan fingerprint density at radius 3 is 2.42 bits per heavy atom. The molecule has 106 valence electrons. The molecule has 0 spiro atoms. The van der Waals surface area contributed by atoms with Crippen LogP contribution < -0.4 is 5.43 Å². The van der Waals surface area contributed by atoms with Crippen LogP contribution in [0.15, 0.2) is 40.7 Å². The summed E-state index contributed by atoms with van der Waals surface area (Å²) >= 11 is 0. The second-order valence-corrected chi connectivity index (χ2v) is 5.98. The second kappa shape index (κ2) is 7.24. The van der Waals surface area contributed by atoms with E-state index in [1.807, 2.05) is 44.2 Å². The molecule has 0 bridgehead atoms. The van der Waals surface area contributed by atoms with Crippen molar-refractivity contribution in [1.82, 2.24) is 0 Å². The number of nitrogens with one attached hydrogen (secondary N) is 1. The Bertz CT molecular complexity index is 388. The van der Waals surface area contributed by atoms with Gasteiger partial charge in [0.15, 0.2) is 0 Å². The minimum absolute atomic E-state index is 0.328. The van der Waals surface area contributed by atoms with E-state index in [0.717, 1.165) is 12.1 Å². The van der Waals surface area contributed by atoms with E-state index >= 15 is 0 Å². The third kappa shape index (κ3) is 6.91. The van der Waals surface area contributed by atoms with Crippen molar-refractivity contribution in [2.24, 2.45) is 16.3 Å². The zero-order valence-corrected chi connectivity index (χ0v) is 12.3. The zero-order chi connectivity index (χ0) is 14.3. The summed E-state index contributed by atoms with van der Waals surface area (Å²) in [5.41, 5.74) is 3.43. The lowest BCUT2D eigenvalue weighted by Crippen LogP contribution is -2.25. The topological polar surface area (TPSA) is 57.0 Å². The minimum atomic E-state index is -0.365. The van der Waals surface area contributed by atoms with Crippen molar-refractivity contribution >= 4 is 5.69 Å². The SMILES string of the molecule is CC(C)CC(O)CC(C)(C)N=NNc1ccccc1. The van der Waals surface area contributed by atoms with E-state index in [1.54, 1.807) is 0 Å². The molecule has 0 aliphatic rings. The number of aliphatic hydroxyl groups is 1. The Morgan fingerprint density at radius 2 is 1.84 bits per heavy atom. The minimum Gasteiger partial charge on any atom is -0.393 e. The molecular weight excluding hydrogens is 238 g/mol. The standard InChI is InChI=1S/C15H25N3O/c1-12(2)10-14(19)11-15(3,4)17-18-16-13-8-6-5-7-9-13/h5-9,12,14,19H,10-11H2,1-4H3,(H,16,17). The van der Waals surface area contributed by atoms with Gasteiger partial charge in [-0.05, 0) is 44.7 Å². The van der Waals surface area contributed by atoms with Gasteiger partial charge in [0, 0.05) is 0 Å². The molecule has 0 fully saturated rings. The van der Waals surface area contributed by atoms with Gasteiger partial charge in [-0.3, -0.25) is 5.43 Å². The highest BCUT2D eigenvalue weighted by Gasteiger charge is 2.22. The number of nitrogens with zero attached hydrogens (tertiary/aromatic N) is 2.